The first-order valence-corrected chi connectivity index (χ1v) is 6.39. The van der Waals surface area contributed by atoms with Crippen LogP contribution in [0.1, 0.15) is 0 Å². The molecule has 5 heteroatoms. The maximum Gasteiger partial charge on any atom is 0.317 e. The molecule has 0 bridgehead atoms. The first kappa shape index (κ1) is 14.6. The fourth-order valence-electron chi connectivity index (χ4n) is 1.23. The van der Waals surface area contributed by atoms with Crippen molar-refractivity contribution in [3.63, 3.8) is 0 Å². The highest BCUT2D eigenvalue weighted by molar-refractivity contribution is 9.11. The Bertz CT molecular complexity index is 395. The van der Waals surface area contributed by atoms with Gasteiger partial charge in [0, 0.05) is 11.5 Å². The van der Waals surface area contributed by atoms with Crippen molar-refractivity contribution in [2.75, 3.05) is 26.7 Å². The number of rotatable bonds is 6. The van der Waals surface area contributed by atoms with E-state index < -0.39 is 0 Å². The number of nitrogens with zero attached hydrogens (tertiary/aromatic N) is 1. The molecule has 4 nitrogen and oxygen atoms in total. The summed E-state index contributed by atoms with van der Waals surface area (Å²) in [5.41, 5.74) is 0. The van der Waals surface area contributed by atoms with Gasteiger partial charge in [0.2, 0.25) is 0 Å². The quantitative estimate of drug-likeness (QED) is 0.877. The maximum atomic E-state index is 11.6. The molecule has 98 valence electrons. The third-order valence-corrected chi connectivity index (χ3v) is 2.50. The number of amides is 2. The molecule has 0 fully saturated rings. The summed E-state index contributed by atoms with van der Waals surface area (Å²) in [5, 5.41) is 2.72. The van der Waals surface area contributed by atoms with Gasteiger partial charge >= 0.3 is 6.03 Å². The van der Waals surface area contributed by atoms with Gasteiger partial charge < -0.3 is 15.0 Å². The largest absolute Gasteiger partial charge is 0.492 e. The Morgan fingerprint density at radius 3 is 2.72 bits per heavy atom. The molecule has 0 aliphatic rings. The molecule has 1 aromatic carbocycles. The fraction of sp³-hybridized carbons (Fsp3) is 0.308. The molecule has 0 saturated heterocycles. The molecule has 0 radical (unpaired) electrons. The molecular weight excluding hydrogens is 296 g/mol. The standard InChI is InChI=1S/C13H17BrN2O2/c1-11(14)10-15-13(17)16(2)8-9-18-12-6-4-3-5-7-12/h3-7H,1,8-10H2,2H3,(H,15,17). The van der Waals surface area contributed by atoms with Crippen LogP contribution in [-0.4, -0.2) is 37.7 Å². The van der Waals surface area contributed by atoms with Crippen LogP contribution in [0.3, 0.4) is 0 Å². The van der Waals surface area contributed by atoms with E-state index in [0.29, 0.717) is 19.7 Å². The van der Waals surface area contributed by atoms with Gasteiger partial charge in [-0.2, -0.15) is 0 Å². The lowest BCUT2D eigenvalue weighted by Gasteiger charge is -2.18. The number of likely N-dealkylation sites (N-methyl/N-ethyl adjacent to an activating group) is 1. The van der Waals surface area contributed by atoms with Gasteiger partial charge in [-0.15, -0.1) is 0 Å². The Kier molecular flexibility index (Phi) is 6.28. The summed E-state index contributed by atoms with van der Waals surface area (Å²) >= 11 is 3.18. The second-order valence-corrected chi connectivity index (χ2v) is 4.88. The number of urea groups is 1. The second kappa shape index (κ2) is 7.76. The third-order valence-electron chi connectivity index (χ3n) is 2.22. The smallest absolute Gasteiger partial charge is 0.317 e. The van der Waals surface area contributed by atoms with Crippen molar-refractivity contribution in [1.82, 2.24) is 10.2 Å². The molecule has 0 aliphatic heterocycles. The Labute approximate surface area is 116 Å². The van der Waals surface area contributed by atoms with E-state index in [0.717, 1.165) is 10.2 Å². The molecule has 0 aliphatic carbocycles. The van der Waals surface area contributed by atoms with E-state index in [1.807, 2.05) is 30.3 Å². The molecule has 0 unspecified atom stereocenters. The van der Waals surface area contributed by atoms with E-state index in [-0.39, 0.29) is 6.03 Å². The highest BCUT2D eigenvalue weighted by Gasteiger charge is 2.07. The Morgan fingerprint density at radius 1 is 1.44 bits per heavy atom. The average molecular weight is 313 g/mol. The monoisotopic (exact) mass is 312 g/mol. The van der Waals surface area contributed by atoms with Crippen LogP contribution in [0.25, 0.3) is 0 Å². The van der Waals surface area contributed by atoms with E-state index in [1.54, 1.807) is 11.9 Å². The van der Waals surface area contributed by atoms with Gasteiger partial charge in [-0.3, -0.25) is 0 Å². The summed E-state index contributed by atoms with van der Waals surface area (Å²) in [6, 6.07) is 9.37. The van der Waals surface area contributed by atoms with Crippen molar-refractivity contribution in [3.8, 4) is 5.75 Å². The minimum atomic E-state index is -0.146. The van der Waals surface area contributed by atoms with Crippen LogP contribution < -0.4 is 10.1 Å². The van der Waals surface area contributed by atoms with Crippen molar-refractivity contribution in [3.05, 3.63) is 41.4 Å². The normalized spacial score (nSPS) is 9.67. The van der Waals surface area contributed by atoms with Crippen molar-refractivity contribution in [2.45, 2.75) is 0 Å². The summed E-state index contributed by atoms with van der Waals surface area (Å²) in [5.74, 6) is 0.806. The number of carbonyl (C=O) groups is 1. The number of nitrogens with one attached hydrogen (secondary N) is 1. The van der Waals surface area contributed by atoms with Crippen molar-refractivity contribution >= 4 is 22.0 Å². The molecule has 1 rings (SSSR count). The predicted molar refractivity (Wildman–Crippen MR) is 76.0 cm³/mol. The van der Waals surface area contributed by atoms with Crippen LogP contribution in [0.2, 0.25) is 0 Å². The van der Waals surface area contributed by atoms with Gasteiger partial charge in [-0.25, -0.2) is 4.79 Å². The number of halogens is 1. The van der Waals surface area contributed by atoms with Crippen LogP contribution in [0.4, 0.5) is 4.79 Å². The lowest BCUT2D eigenvalue weighted by Crippen LogP contribution is -2.39. The summed E-state index contributed by atoms with van der Waals surface area (Å²) in [4.78, 5) is 13.2. The Balaban J connectivity index is 2.22. The van der Waals surface area contributed by atoms with Gasteiger partial charge in [-0.05, 0) is 12.1 Å². The van der Waals surface area contributed by atoms with Crippen LogP contribution in [-0.2, 0) is 0 Å². The van der Waals surface area contributed by atoms with Crippen molar-refractivity contribution in [1.29, 1.82) is 0 Å². The van der Waals surface area contributed by atoms with Crippen LogP contribution in [0.15, 0.2) is 41.4 Å². The highest BCUT2D eigenvalue weighted by atomic mass is 79.9. The summed E-state index contributed by atoms with van der Waals surface area (Å²) < 4.78 is 6.24. The van der Waals surface area contributed by atoms with E-state index in [9.17, 15) is 4.79 Å². The van der Waals surface area contributed by atoms with Crippen molar-refractivity contribution in [2.24, 2.45) is 0 Å². The lowest BCUT2D eigenvalue weighted by molar-refractivity contribution is 0.196. The number of benzene rings is 1. The second-order valence-electron chi connectivity index (χ2n) is 3.76. The predicted octanol–water partition coefficient (Wildman–Crippen LogP) is 2.62. The molecule has 1 N–H and O–H groups in total. The SMILES string of the molecule is C=C(Br)CNC(=O)N(C)CCOc1ccccc1. The molecule has 2 amide bonds. The number of carbonyl (C=O) groups excluding carboxylic acids is 1. The van der Waals surface area contributed by atoms with E-state index >= 15 is 0 Å². The van der Waals surface area contributed by atoms with E-state index in [2.05, 4.69) is 27.8 Å². The molecule has 18 heavy (non-hydrogen) atoms. The number of ether oxygens (including phenoxy) is 1. The molecule has 0 atom stereocenters. The van der Waals surface area contributed by atoms with E-state index in [4.69, 9.17) is 4.74 Å². The highest BCUT2D eigenvalue weighted by Crippen LogP contribution is 2.07. The van der Waals surface area contributed by atoms with Gasteiger partial charge in [0.15, 0.2) is 0 Å². The maximum absolute atomic E-state index is 11.6. The molecule has 0 aromatic heterocycles. The zero-order chi connectivity index (χ0) is 13.4. The molecule has 0 spiro atoms. The van der Waals surface area contributed by atoms with Crippen molar-refractivity contribution < 1.29 is 9.53 Å². The minimum absolute atomic E-state index is 0.146. The summed E-state index contributed by atoms with van der Waals surface area (Å²) in [6.45, 7) is 5.05. The first-order chi connectivity index (χ1) is 8.59. The molecule has 1 aromatic rings. The first-order valence-electron chi connectivity index (χ1n) is 5.59. The molecule has 0 heterocycles. The zero-order valence-corrected chi connectivity index (χ0v) is 11.9. The van der Waals surface area contributed by atoms with Crippen LogP contribution >= 0.6 is 15.9 Å². The van der Waals surface area contributed by atoms with Gasteiger partial charge in [0.05, 0.1) is 13.1 Å². The lowest BCUT2D eigenvalue weighted by atomic mass is 10.3. The molecular formula is C13H17BrN2O2. The number of hydrogen-bond acceptors (Lipinski definition) is 2. The van der Waals surface area contributed by atoms with Gasteiger partial charge in [-0.1, -0.05) is 40.7 Å². The van der Waals surface area contributed by atoms with E-state index in [1.165, 1.54) is 0 Å². The third kappa shape index (κ3) is 5.72. The minimum Gasteiger partial charge on any atom is -0.492 e. The van der Waals surface area contributed by atoms with Crippen LogP contribution in [0, 0.1) is 0 Å². The Morgan fingerprint density at radius 2 is 2.11 bits per heavy atom. The van der Waals surface area contributed by atoms with Crippen LogP contribution in [0.5, 0.6) is 5.75 Å². The number of para-hydroxylation sites is 1. The van der Waals surface area contributed by atoms with Gasteiger partial charge in [0.1, 0.15) is 12.4 Å². The summed E-state index contributed by atoms with van der Waals surface area (Å²) in [7, 11) is 1.72. The summed E-state index contributed by atoms with van der Waals surface area (Å²) in [6.07, 6.45) is 0. The fourth-order valence-corrected chi connectivity index (χ4v) is 1.37. The molecule has 0 saturated carbocycles. The topological polar surface area (TPSA) is 41.6 Å². The average Bonchev–Trinajstić information content (AvgIpc) is 2.37. The zero-order valence-electron chi connectivity index (χ0n) is 10.4. The van der Waals surface area contributed by atoms with Gasteiger partial charge in [0.25, 0.3) is 0 Å². The Hall–Kier alpha value is -1.49. The number of hydrogen-bond donors (Lipinski definition) is 1.